The van der Waals surface area contributed by atoms with Crippen LogP contribution in [0.5, 0.6) is 0 Å². The molecule has 0 rings (SSSR count). The number of rotatable bonds is 49. The van der Waals surface area contributed by atoms with E-state index in [0.29, 0.717) is 139 Å². The molecule has 0 fully saturated rings. The number of hydrogen-bond donors (Lipinski definition) is 0. The standard InChI is InChI=1S/C42H84O13/c1-4-7-9-10-11-12-13-14-15-16-18-44-19-20-45-21-22-46-23-24-47-25-26-48-27-28-49-29-30-50-31-32-51-33-34-52-35-36-53-37-38-54-39-40-55-42(43)41(6-3)17-8-5-2/h41H,4-40H2,1-3H3. The summed E-state index contributed by atoms with van der Waals surface area (Å²) in [5, 5.41) is 0. The van der Waals surface area contributed by atoms with Crippen molar-refractivity contribution in [3.05, 3.63) is 0 Å². The van der Waals surface area contributed by atoms with Gasteiger partial charge in [-0.25, -0.2) is 0 Å². The fraction of sp³-hybridized carbons (Fsp3) is 0.976. The summed E-state index contributed by atoms with van der Waals surface area (Å²) in [5.41, 5.74) is 0. The molecule has 0 aromatic carbocycles. The van der Waals surface area contributed by atoms with Crippen LogP contribution in [0.3, 0.4) is 0 Å². The monoisotopic (exact) mass is 797 g/mol. The molecule has 0 spiro atoms. The maximum Gasteiger partial charge on any atom is 0.308 e. The van der Waals surface area contributed by atoms with Gasteiger partial charge in [0.25, 0.3) is 0 Å². The number of hydrogen-bond acceptors (Lipinski definition) is 13. The normalized spacial score (nSPS) is 12.1. The minimum atomic E-state index is -0.118. The highest BCUT2D eigenvalue weighted by Gasteiger charge is 2.17. The summed E-state index contributed by atoms with van der Waals surface area (Å²) in [4.78, 5) is 12.0. The van der Waals surface area contributed by atoms with Gasteiger partial charge in [0.15, 0.2) is 0 Å². The molecule has 13 nitrogen and oxygen atoms in total. The second-order valence-corrected chi connectivity index (χ2v) is 13.3. The summed E-state index contributed by atoms with van der Waals surface area (Å²) in [6.07, 6.45) is 17.2. The number of unbranched alkanes of at least 4 members (excludes halogenated alkanes) is 10. The van der Waals surface area contributed by atoms with Crippen molar-refractivity contribution in [2.24, 2.45) is 5.92 Å². The summed E-state index contributed by atoms with van der Waals surface area (Å²) in [6, 6.07) is 0. The molecular formula is C42H84O13. The Bertz CT molecular complexity index is 719. The van der Waals surface area contributed by atoms with Gasteiger partial charge in [-0.1, -0.05) is 91.4 Å². The van der Waals surface area contributed by atoms with E-state index in [9.17, 15) is 4.79 Å². The molecule has 1 atom stereocenters. The Morgan fingerprint density at radius 1 is 0.309 bits per heavy atom. The van der Waals surface area contributed by atoms with Gasteiger partial charge in [-0.15, -0.1) is 0 Å². The number of carbonyl (C=O) groups excluding carboxylic acids is 1. The molecule has 0 amide bonds. The lowest BCUT2D eigenvalue weighted by Gasteiger charge is -2.13. The maximum absolute atomic E-state index is 12.0. The van der Waals surface area contributed by atoms with Crippen LogP contribution in [0, 0.1) is 5.92 Å². The Labute approximate surface area is 335 Å². The van der Waals surface area contributed by atoms with Gasteiger partial charge in [0.05, 0.1) is 145 Å². The van der Waals surface area contributed by atoms with Gasteiger partial charge in [-0.3, -0.25) is 4.79 Å². The van der Waals surface area contributed by atoms with E-state index in [-0.39, 0.29) is 18.5 Å². The predicted octanol–water partition coefficient (Wildman–Crippen LogP) is 6.85. The van der Waals surface area contributed by atoms with E-state index < -0.39 is 0 Å². The quantitative estimate of drug-likeness (QED) is 0.0471. The molecule has 0 saturated carbocycles. The molecule has 1 unspecified atom stereocenters. The molecule has 0 bridgehead atoms. The van der Waals surface area contributed by atoms with Crippen LogP contribution in [0.2, 0.25) is 0 Å². The van der Waals surface area contributed by atoms with Crippen molar-refractivity contribution in [2.45, 2.75) is 111 Å². The molecule has 330 valence electrons. The van der Waals surface area contributed by atoms with Crippen molar-refractivity contribution < 1.29 is 61.6 Å². The first-order chi connectivity index (χ1) is 27.3. The zero-order valence-corrected chi connectivity index (χ0v) is 35.5. The largest absolute Gasteiger partial charge is 0.463 e. The van der Waals surface area contributed by atoms with Gasteiger partial charge >= 0.3 is 5.97 Å². The molecule has 0 saturated heterocycles. The highest BCUT2D eigenvalue weighted by Crippen LogP contribution is 2.14. The van der Waals surface area contributed by atoms with Crippen molar-refractivity contribution in [3.63, 3.8) is 0 Å². The Balaban J connectivity index is 3.12. The first-order valence-corrected chi connectivity index (χ1v) is 21.8. The lowest BCUT2D eigenvalue weighted by atomic mass is 10.00. The number of esters is 1. The zero-order chi connectivity index (χ0) is 39.8. The van der Waals surface area contributed by atoms with Crippen molar-refractivity contribution in [2.75, 3.05) is 152 Å². The Morgan fingerprint density at radius 3 is 0.855 bits per heavy atom. The van der Waals surface area contributed by atoms with E-state index in [1.807, 2.05) is 6.92 Å². The van der Waals surface area contributed by atoms with Crippen LogP contribution in [0.1, 0.15) is 111 Å². The Morgan fingerprint density at radius 2 is 0.564 bits per heavy atom. The molecule has 13 heteroatoms. The van der Waals surface area contributed by atoms with Crippen LogP contribution < -0.4 is 0 Å². The second kappa shape index (κ2) is 49.2. The lowest BCUT2D eigenvalue weighted by Crippen LogP contribution is -2.20. The van der Waals surface area contributed by atoms with Crippen molar-refractivity contribution in [1.82, 2.24) is 0 Å². The molecule has 0 aromatic heterocycles. The van der Waals surface area contributed by atoms with Crippen molar-refractivity contribution >= 4 is 5.97 Å². The Kier molecular flexibility index (Phi) is 48.3. The van der Waals surface area contributed by atoms with E-state index in [4.69, 9.17) is 56.8 Å². The van der Waals surface area contributed by atoms with Gasteiger partial charge in [0, 0.05) is 6.61 Å². The molecule has 0 aliphatic heterocycles. The number of ether oxygens (including phenoxy) is 12. The first-order valence-electron chi connectivity index (χ1n) is 21.8. The average Bonchev–Trinajstić information content (AvgIpc) is 3.19. The minimum Gasteiger partial charge on any atom is -0.463 e. The molecule has 0 heterocycles. The summed E-state index contributed by atoms with van der Waals surface area (Å²) in [6.45, 7) is 18.3. The van der Waals surface area contributed by atoms with Crippen LogP contribution in [0.15, 0.2) is 0 Å². The summed E-state index contributed by atoms with van der Waals surface area (Å²) >= 11 is 0. The molecule has 0 N–H and O–H groups in total. The average molecular weight is 797 g/mol. The first kappa shape index (κ1) is 54.0. The highest BCUT2D eigenvalue weighted by molar-refractivity contribution is 5.72. The fourth-order valence-electron chi connectivity index (χ4n) is 5.25. The van der Waals surface area contributed by atoms with E-state index in [0.717, 1.165) is 38.7 Å². The third-order valence-corrected chi connectivity index (χ3v) is 8.57. The van der Waals surface area contributed by atoms with Crippen LogP contribution >= 0.6 is 0 Å². The highest BCUT2D eigenvalue weighted by atomic mass is 16.6. The third-order valence-electron chi connectivity index (χ3n) is 8.57. The molecule has 55 heavy (non-hydrogen) atoms. The predicted molar refractivity (Wildman–Crippen MR) is 215 cm³/mol. The summed E-state index contributed by atoms with van der Waals surface area (Å²) in [5.74, 6) is -0.121. The molecule has 0 aliphatic carbocycles. The van der Waals surface area contributed by atoms with Gasteiger partial charge in [-0.2, -0.15) is 0 Å². The van der Waals surface area contributed by atoms with Crippen molar-refractivity contribution in [3.8, 4) is 0 Å². The minimum absolute atomic E-state index is 0.00301. The van der Waals surface area contributed by atoms with Crippen LogP contribution in [-0.4, -0.2) is 158 Å². The van der Waals surface area contributed by atoms with E-state index >= 15 is 0 Å². The van der Waals surface area contributed by atoms with Crippen LogP contribution in [-0.2, 0) is 61.6 Å². The molecule has 0 aromatic rings. The van der Waals surface area contributed by atoms with Gasteiger partial charge in [-0.05, 0) is 19.3 Å². The summed E-state index contributed by atoms with van der Waals surface area (Å²) in [7, 11) is 0. The zero-order valence-electron chi connectivity index (χ0n) is 35.5. The van der Waals surface area contributed by atoms with E-state index in [1.54, 1.807) is 0 Å². The van der Waals surface area contributed by atoms with Crippen LogP contribution in [0.25, 0.3) is 0 Å². The Hall–Kier alpha value is -0.970. The van der Waals surface area contributed by atoms with Gasteiger partial charge in [0.2, 0.25) is 0 Å². The van der Waals surface area contributed by atoms with Gasteiger partial charge in [0.1, 0.15) is 6.61 Å². The maximum atomic E-state index is 12.0. The van der Waals surface area contributed by atoms with E-state index in [2.05, 4.69) is 13.8 Å². The van der Waals surface area contributed by atoms with Crippen molar-refractivity contribution in [1.29, 1.82) is 0 Å². The number of carbonyl (C=O) groups is 1. The smallest absolute Gasteiger partial charge is 0.308 e. The summed E-state index contributed by atoms with van der Waals surface area (Å²) < 4.78 is 66.0. The van der Waals surface area contributed by atoms with E-state index in [1.165, 1.54) is 57.8 Å². The molecule has 0 radical (unpaired) electrons. The topological polar surface area (TPSA) is 128 Å². The molecular weight excluding hydrogens is 712 g/mol. The molecule has 0 aliphatic rings. The second-order valence-electron chi connectivity index (χ2n) is 13.3. The lowest BCUT2D eigenvalue weighted by molar-refractivity contribution is -0.150. The SMILES string of the molecule is CCCCCCCCCCCCOCCOCCOCCOCCOCCOCCOCCOCCOCCOCCOCCOC(=O)C(CC)CCCC. The third kappa shape index (κ3) is 45.6. The fourth-order valence-corrected chi connectivity index (χ4v) is 5.25. The van der Waals surface area contributed by atoms with Crippen LogP contribution in [0.4, 0.5) is 0 Å². The van der Waals surface area contributed by atoms with Gasteiger partial charge < -0.3 is 56.8 Å².